The van der Waals surface area contributed by atoms with E-state index in [4.69, 9.17) is 25.8 Å². The minimum atomic E-state index is -2.49. The Hall–Kier alpha value is -2.68. The molecule has 1 rings (SSSR count). The molecule has 0 spiro atoms. The van der Waals surface area contributed by atoms with E-state index in [0.29, 0.717) is 5.56 Å². The molecule has 0 saturated carbocycles. The number of hydrogen-bond donors (Lipinski definition) is 0. The van der Waals surface area contributed by atoms with Gasteiger partial charge in [0.1, 0.15) is 0 Å². The summed E-state index contributed by atoms with van der Waals surface area (Å²) in [6.45, 7) is 5.71. The average Bonchev–Trinajstić information content (AvgIpc) is 2.63. The van der Waals surface area contributed by atoms with Gasteiger partial charge in [0.2, 0.25) is 0 Å². The molecule has 0 saturated heterocycles. The lowest BCUT2D eigenvalue weighted by atomic mass is 9.80. The van der Waals surface area contributed by atoms with Gasteiger partial charge < -0.3 is 14.2 Å². The summed E-state index contributed by atoms with van der Waals surface area (Å²) < 4.78 is 14.8. The molecule has 0 aromatic heterocycles. The summed E-state index contributed by atoms with van der Waals surface area (Å²) in [4.78, 5) is 48.7. The maximum Gasteiger partial charge on any atom is 0.335 e. The second kappa shape index (κ2) is 10.0. The molecule has 9 nitrogen and oxygen atoms in total. The zero-order valence-corrected chi connectivity index (χ0v) is 16.8. The van der Waals surface area contributed by atoms with E-state index in [1.54, 1.807) is 0 Å². The zero-order valence-electron chi connectivity index (χ0n) is 16.1. The molecule has 154 valence electrons. The third-order valence-corrected chi connectivity index (χ3v) is 4.39. The average molecular weight is 416 g/mol. The van der Waals surface area contributed by atoms with Crippen molar-refractivity contribution in [1.82, 2.24) is 0 Å². The van der Waals surface area contributed by atoms with Gasteiger partial charge in [0.15, 0.2) is 0 Å². The molecule has 0 N–H and O–H groups in total. The van der Waals surface area contributed by atoms with Crippen molar-refractivity contribution in [2.45, 2.75) is 34.1 Å². The topological polar surface area (TPSA) is 122 Å². The van der Waals surface area contributed by atoms with Crippen molar-refractivity contribution in [3.05, 3.63) is 38.4 Å². The Morgan fingerprint density at radius 3 is 1.79 bits per heavy atom. The predicted octanol–water partition coefficient (Wildman–Crippen LogP) is 2.77. The number of nitro groups is 1. The number of benzene rings is 1. The molecule has 0 atom stereocenters. The van der Waals surface area contributed by atoms with E-state index in [1.807, 2.05) is 0 Å². The van der Waals surface area contributed by atoms with Gasteiger partial charge >= 0.3 is 17.9 Å². The standard InChI is InChI=1S/C18H22ClNO8/c1-5-26-15(21)18(16(22)27-6-2,17(23)28-7-3)10-12-9-13(20(24)25)8-11(4)14(12)19/h8-9H,5-7,10H2,1-4H3. The molecule has 0 unspecified atom stereocenters. The predicted molar refractivity (Wildman–Crippen MR) is 98.9 cm³/mol. The number of ether oxygens (including phenoxy) is 3. The van der Waals surface area contributed by atoms with E-state index in [2.05, 4.69) is 0 Å². The van der Waals surface area contributed by atoms with E-state index in [1.165, 1.54) is 33.8 Å². The van der Waals surface area contributed by atoms with Crippen molar-refractivity contribution in [1.29, 1.82) is 0 Å². The van der Waals surface area contributed by atoms with Gasteiger partial charge in [0.05, 0.1) is 24.7 Å². The van der Waals surface area contributed by atoms with Gasteiger partial charge in [-0.15, -0.1) is 0 Å². The van der Waals surface area contributed by atoms with Crippen LogP contribution < -0.4 is 0 Å². The maximum absolute atomic E-state index is 12.7. The van der Waals surface area contributed by atoms with Crippen LogP contribution >= 0.6 is 11.6 Å². The van der Waals surface area contributed by atoms with Gasteiger partial charge in [0.25, 0.3) is 11.1 Å². The molecule has 1 aromatic carbocycles. The summed E-state index contributed by atoms with van der Waals surface area (Å²) in [7, 11) is 0. The highest BCUT2D eigenvalue weighted by Gasteiger charge is 2.57. The van der Waals surface area contributed by atoms with Gasteiger partial charge in [-0.25, -0.2) is 0 Å². The Morgan fingerprint density at radius 1 is 1.00 bits per heavy atom. The van der Waals surface area contributed by atoms with E-state index in [9.17, 15) is 24.5 Å². The highest BCUT2D eigenvalue weighted by molar-refractivity contribution is 6.32. The second-order valence-corrected chi connectivity index (χ2v) is 6.11. The molecule has 28 heavy (non-hydrogen) atoms. The zero-order chi connectivity index (χ0) is 21.5. The monoisotopic (exact) mass is 415 g/mol. The largest absolute Gasteiger partial charge is 0.465 e. The first-order chi connectivity index (χ1) is 13.1. The number of rotatable bonds is 9. The molecule has 0 radical (unpaired) electrons. The Labute approximate surface area is 167 Å². The van der Waals surface area contributed by atoms with Crippen LogP contribution in [0.2, 0.25) is 5.02 Å². The van der Waals surface area contributed by atoms with Gasteiger partial charge in [-0.1, -0.05) is 11.6 Å². The number of nitrogens with zero attached hydrogens (tertiary/aromatic N) is 1. The molecule has 0 aliphatic rings. The fourth-order valence-electron chi connectivity index (χ4n) is 2.57. The van der Waals surface area contributed by atoms with E-state index < -0.39 is 34.7 Å². The highest BCUT2D eigenvalue weighted by Crippen LogP contribution is 2.35. The lowest BCUT2D eigenvalue weighted by Gasteiger charge is -2.27. The van der Waals surface area contributed by atoms with E-state index in [0.717, 1.165) is 6.07 Å². The van der Waals surface area contributed by atoms with Crippen LogP contribution in [0.15, 0.2) is 12.1 Å². The minimum Gasteiger partial charge on any atom is -0.465 e. The van der Waals surface area contributed by atoms with Crippen molar-refractivity contribution in [3.63, 3.8) is 0 Å². The Balaban J connectivity index is 3.67. The third-order valence-electron chi connectivity index (χ3n) is 3.85. The van der Waals surface area contributed by atoms with Crippen molar-refractivity contribution in [2.24, 2.45) is 5.41 Å². The molecule has 0 aliphatic carbocycles. The lowest BCUT2D eigenvalue weighted by Crippen LogP contribution is -2.51. The van der Waals surface area contributed by atoms with Gasteiger partial charge in [-0.2, -0.15) is 0 Å². The first-order valence-electron chi connectivity index (χ1n) is 8.60. The first-order valence-corrected chi connectivity index (χ1v) is 8.98. The van der Waals surface area contributed by atoms with Crippen molar-refractivity contribution >= 4 is 35.2 Å². The fraction of sp³-hybridized carbons (Fsp3) is 0.500. The number of nitro benzene ring substituents is 1. The number of halogens is 1. The first kappa shape index (κ1) is 23.4. The molecule has 0 heterocycles. The number of esters is 3. The number of aryl methyl sites for hydroxylation is 1. The summed E-state index contributed by atoms with van der Waals surface area (Å²) >= 11 is 6.24. The summed E-state index contributed by atoms with van der Waals surface area (Å²) in [6.07, 6.45) is -0.606. The Morgan fingerprint density at radius 2 is 1.43 bits per heavy atom. The van der Waals surface area contributed by atoms with Crippen LogP contribution in [0, 0.1) is 22.5 Å². The van der Waals surface area contributed by atoms with Crippen LogP contribution in [0.25, 0.3) is 0 Å². The molecular formula is C18H22ClNO8. The number of carbonyl (C=O) groups is 3. The van der Waals surface area contributed by atoms with Crippen LogP contribution in [0.1, 0.15) is 31.9 Å². The molecule has 0 fully saturated rings. The van der Waals surface area contributed by atoms with Crippen LogP contribution in [-0.4, -0.2) is 42.7 Å². The number of carbonyl (C=O) groups excluding carboxylic acids is 3. The van der Waals surface area contributed by atoms with E-state index >= 15 is 0 Å². The third kappa shape index (κ3) is 4.78. The van der Waals surface area contributed by atoms with Crippen molar-refractivity contribution in [3.8, 4) is 0 Å². The Kier molecular flexibility index (Phi) is 8.36. The van der Waals surface area contributed by atoms with Crippen LogP contribution in [0.4, 0.5) is 5.69 Å². The fourth-order valence-corrected chi connectivity index (χ4v) is 2.75. The molecule has 0 bridgehead atoms. The van der Waals surface area contributed by atoms with Gasteiger partial charge in [-0.05, 0) is 38.8 Å². The summed E-state index contributed by atoms with van der Waals surface area (Å²) in [5, 5.41) is 11.3. The van der Waals surface area contributed by atoms with Gasteiger partial charge in [0, 0.05) is 23.6 Å². The molecule has 10 heteroatoms. The maximum atomic E-state index is 12.7. The van der Waals surface area contributed by atoms with E-state index in [-0.39, 0.29) is 36.1 Å². The molecule has 0 amide bonds. The van der Waals surface area contributed by atoms with Gasteiger partial charge in [-0.3, -0.25) is 24.5 Å². The van der Waals surface area contributed by atoms with Crippen LogP contribution in [0.3, 0.4) is 0 Å². The highest BCUT2D eigenvalue weighted by atomic mass is 35.5. The second-order valence-electron chi connectivity index (χ2n) is 5.74. The smallest absolute Gasteiger partial charge is 0.335 e. The number of hydrogen-bond acceptors (Lipinski definition) is 8. The van der Waals surface area contributed by atoms with Crippen molar-refractivity contribution < 1.29 is 33.5 Å². The quantitative estimate of drug-likeness (QED) is 0.198. The normalized spacial score (nSPS) is 10.9. The molecule has 0 aliphatic heterocycles. The molecule has 1 aromatic rings. The summed E-state index contributed by atoms with van der Waals surface area (Å²) in [5.74, 6) is -3.52. The summed E-state index contributed by atoms with van der Waals surface area (Å²) in [6, 6.07) is 2.34. The minimum absolute atomic E-state index is 0.0440. The van der Waals surface area contributed by atoms with Crippen LogP contribution in [-0.2, 0) is 35.0 Å². The van der Waals surface area contributed by atoms with Crippen LogP contribution in [0.5, 0.6) is 0 Å². The lowest BCUT2D eigenvalue weighted by molar-refractivity contribution is -0.385. The SMILES string of the molecule is CCOC(=O)C(Cc1cc([N+](=O)[O-])cc(C)c1Cl)(C(=O)OCC)C(=O)OCC. The summed E-state index contributed by atoms with van der Waals surface area (Å²) in [5.41, 5.74) is -2.41. The Bertz CT molecular complexity index is 732. The molecular weight excluding hydrogens is 394 g/mol. The van der Waals surface area contributed by atoms with Crippen molar-refractivity contribution in [2.75, 3.05) is 19.8 Å². The number of non-ortho nitro benzene ring substituents is 1.